The smallest absolute Gasteiger partial charge is 0.191 e. The SMILES string of the molecule is CCNC(=NCCCOC1CCOCC1)NCCc1ccc(-n2cccn2)cc1. The van der Waals surface area contributed by atoms with Gasteiger partial charge in [-0.15, -0.1) is 0 Å². The van der Waals surface area contributed by atoms with Crippen molar-refractivity contribution in [1.29, 1.82) is 0 Å². The molecule has 0 spiro atoms. The molecule has 1 saturated heterocycles. The van der Waals surface area contributed by atoms with Gasteiger partial charge in [0, 0.05) is 51.8 Å². The van der Waals surface area contributed by atoms with Crippen molar-refractivity contribution in [1.82, 2.24) is 20.4 Å². The molecule has 1 aromatic carbocycles. The highest BCUT2D eigenvalue weighted by molar-refractivity contribution is 5.79. The lowest BCUT2D eigenvalue weighted by molar-refractivity contribution is -0.0318. The van der Waals surface area contributed by atoms with Gasteiger partial charge in [0.15, 0.2) is 5.96 Å². The lowest BCUT2D eigenvalue weighted by Crippen LogP contribution is -2.38. The van der Waals surface area contributed by atoms with E-state index < -0.39 is 0 Å². The van der Waals surface area contributed by atoms with Crippen molar-refractivity contribution in [3.05, 3.63) is 48.3 Å². The zero-order valence-electron chi connectivity index (χ0n) is 17.3. The first-order valence-electron chi connectivity index (χ1n) is 10.7. The van der Waals surface area contributed by atoms with Gasteiger partial charge in [-0.2, -0.15) is 5.10 Å². The molecule has 0 bridgehead atoms. The first-order valence-corrected chi connectivity index (χ1v) is 10.7. The third-order valence-corrected chi connectivity index (χ3v) is 4.85. The monoisotopic (exact) mass is 399 g/mol. The van der Waals surface area contributed by atoms with Crippen LogP contribution in [0, 0.1) is 0 Å². The third kappa shape index (κ3) is 7.51. The van der Waals surface area contributed by atoms with Crippen LogP contribution >= 0.6 is 0 Å². The Kier molecular flexibility index (Phi) is 9.00. The molecule has 1 fully saturated rings. The molecule has 0 radical (unpaired) electrons. The predicted octanol–water partition coefficient (Wildman–Crippen LogP) is 2.56. The van der Waals surface area contributed by atoms with Crippen LogP contribution in [0.3, 0.4) is 0 Å². The van der Waals surface area contributed by atoms with E-state index in [1.807, 2.05) is 16.9 Å². The van der Waals surface area contributed by atoms with E-state index in [1.165, 1.54) is 5.56 Å². The van der Waals surface area contributed by atoms with Crippen molar-refractivity contribution in [2.75, 3.05) is 39.5 Å². The van der Waals surface area contributed by atoms with Crippen molar-refractivity contribution in [2.45, 2.75) is 38.7 Å². The van der Waals surface area contributed by atoms with E-state index in [0.29, 0.717) is 6.10 Å². The molecule has 7 heteroatoms. The second-order valence-corrected chi connectivity index (χ2v) is 7.09. The number of guanidine groups is 1. The number of hydrogen-bond donors (Lipinski definition) is 2. The van der Waals surface area contributed by atoms with Gasteiger partial charge in [0.05, 0.1) is 11.8 Å². The molecule has 2 N–H and O–H groups in total. The fourth-order valence-corrected chi connectivity index (χ4v) is 3.25. The largest absolute Gasteiger partial charge is 0.381 e. The summed E-state index contributed by atoms with van der Waals surface area (Å²) < 4.78 is 13.1. The number of nitrogens with zero attached hydrogens (tertiary/aromatic N) is 3. The molecule has 158 valence electrons. The van der Waals surface area contributed by atoms with Crippen LogP contribution in [0.15, 0.2) is 47.7 Å². The van der Waals surface area contributed by atoms with Crippen LogP contribution in [-0.2, 0) is 15.9 Å². The van der Waals surface area contributed by atoms with E-state index in [2.05, 4.69) is 51.9 Å². The molecule has 0 saturated carbocycles. The van der Waals surface area contributed by atoms with Crippen LogP contribution in [0.2, 0.25) is 0 Å². The molecule has 29 heavy (non-hydrogen) atoms. The molecule has 1 aromatic heterocycles. The molecule has 1 aliphatic rings. The van der Waals surface area contributed by atoms with E-state index in [1.54, 1.807) is 6.20 Å². The minimum atomic E-state index is 0.360. The van der Waals surface area contributed by atoms with Crippen molar-refractivity contribution in [2.24, 2.45) is 4.99 Å². The van der Waals surface area contributed by atoms with Crippen LogP contribution in [0.1, 0.15) is 31.7 Å². The van der Waals surface area contributed by atoms with E-state index in [-0.39, 0.29) is 0 Å². The second kappa shape index (κ2) is 12.2. The number of benzene rings is 1. The van der Waals surface area contributed by atoms with Gasteiger partial charge in [-0.3, -0.25) is 4.99 Å². The predicted molar refractivity (Wildman–Crippen MR) is 116 cm³/mol. The number of aromatic nitrogens is 2. The Morgan fingerprint density at radius 2 is 2.07 bits per heavy atom. The second-order valence-electron chi connectivity index (χ2n) is 7.09. The highest BCUT2D eigenvalue weighted by Crippen LogP contribution is 2.11. The highest BCUT2D eigenvalue weighted by Gasteiger charge is 2.13. The maximum Gasteiger partial charge on any atom is 0.191 e. The number of aliphatic imine (C=N–C) groups is 1. The van der Waals surface area contributed by atoms with E-state index in [0.717, 1.165) is 76.8 Å². The maximum absolute atomic E-state index is 5.90. The Labute approximate surface area is 173 Å². The lowest BCUT2D eigenvalue weighted by atomic mass is 10.1. The van der Waals surface area contributed by atoms with E-state index in [9.17, 15) is 0 Å². The van der Waals surface area contributed by atoms with Crippen LogP contribution < -0.4 is 10.6 Å². The summed E-state index contributed by atoms with van der Waals surface area (Å²) in [6, 6.07) is 10.4. The van der Waals surface area contributed by atoms with Crippen molar-refractivity contribution in [3.63, 3.8) is 0 Å². The summed E-state index contributed by atoms with van der Waals surface area (Å²) in [5.41, 5.74) is 2.36. The number of rotatable bonds is 10. The van der Waals surface area contributed by atoms with Gasteiger partial charge < -0.3 is 20.1 Å². The van der Waals surface area contributed by atoms with Gasteiger partial charge in [-0.05, 0) is 56.4 Å². The minimum Gasteiger partial charge on any atom is -0.381 e. The average molecular weight is 400 g/mol. The van der Waals surface area contributed by atoms with Gasteiger partial charge in [-0.25, -0.2) is 4.68 Å². The fourth-order valence-electron chi connectivity index (χ4n) is 3.25. The summed E-state index contributed by atoms with van der Waals surface area (Å²) in [5, 5.41) is 11.0. The lowest BCUT2D eigenvalue weighted by Gasteiger charge is -2.22. The summed E-state index contributed by atoms with van der Waals surface area (Å²) in [5.74, 6) is 0.867. The zero-order chi connectivity index (χ0) is 20.2. The fraction of sp³-hybridized carbons (Fsp3) is 0.545. The summed E-state index contributed by atoms with van der Waals surface area (Å²) in [7, 11) is 0. The van der Waals surface area contributed by atoms with Gasteiger partial charge in [0.2, 0.25) is 0 Å². The standard InChI is InChI=1S/C22H33N5O2/c1-2-23-22(24-12-4-16-29-21-10-17-28-18-11-21)25-14-9-19-5-7-20(8-6-19)27-15-3-13-26-27/h3,5-8,13,15,21H,2,4,9-12,14,16-18H2,1H3,(H2,23,24,25). The van der Waals surface area contributed by atoms with Crippen LogP contribution in [-0.4, -0.2) is 61.3 Å². The quantitative estimate of drug-likeness (QED) is 0.365. The zero-order valence-corrected chi connectivity index (χ0v) is 17.3. The average Bonchev–Trinajstić information content (AvgIpc) is 3.30. The van der Waals surface area contributed by atoms with Crippen LogP contribution in [0.25, 0.3) is 5.69 Å². The van der Waals surface area contributed by atoms with Crippen molar-refractivity contribution >= 4 is 5.96 Å². The summed E-state index contributed by atoms with van der Waals surface area (Å²) >= 11 is 0. The molecule has 0 amide bonds. The van der Waals surface area contributed by atoms with E-state index >= 15 is 0 Å². The number of hydrogen-bond acceptors (Lipinski definition) is 4. The first-order chi connectivity index (χ1) is 14.3. The molecule has 7 nitrogen and oxygen atoms in total. The molecule has 0 aliphatic carbocycles. The Morgan fingerprint density at radius 3 is 2.79 bits per heavy atom. The Balaban J connectivity index is 1.35. The molecular formula is C22H33N5O2. The molecular weight excluding hydrogens is 366 g/mol. The van der Waals surface area contributed by atoms with Gasteiger partial charge in [0.25, 0.3) is 0 Å². The first kappa shape index (κ1) is 21.3. The van der Waals surface area contributed by atoms with Crippen molar-refractivity contribution in [3.8, 4) is 5.69 Å². The number of ether oxygens (including phenoxy) is 2. The van der Waals surface area contributed by atoms with Crippen LogP contribution in [0.5, 0.6) is 0 Å². The Bertz CT molecular complexity index is 709. The maximum atomic E-state index is 5.90. The van der Waals surface area contributed by atoms with Gasteiger partial charge in [-0.1, -0.05) is 12.1 Å². The summed E-state index contributed by atoms with van der Waals surface area (Å²) in [6.45, 7) is 6.94. The molecule has 0 unspecified atom stereocenters. The Hall–Kier alpha value is -2.38. The highest BCUT2D eigenvalue weighted by atomic mass is 16.5. The topological polar surface area (TPSA) is 72.7 Å². The molecule has 2 aromatic rings. The minimum absolute atomic E-state index is 0.360. The normalized spacial score (nSPS) is 15.4. The summed E-state index contributed by atoms with van der Waals surface area (Å²) in [4.78, 5) is 4.65. The summed E-state index contributed by atoms with van der Waals surface area (Å²) in [6.07, 6.45) is 7.99. The molecule has 1 aliphatic heterocycles. The van der Waals surface area contributed by atoms with Crippen LogP contribution in [0.4, 0.5) is 0 Å². The van der Waals surface area contributed by atoms with E-state index in [4.69, 9.17) is 9.47 Å². The van der Waals surface area contributed by atoms with Crippen molar-refractivity contribution < 1.29 is 9.47 Å². The molecule has 2 heterocycles. The third-order valence-electron chi connectivity index (χ3n) is 4.85. The number of nitrogens with one attached hydrogen (secondary N) is 2. The van der Waals surface area contributed by atoms with Gasteiger partial charge >= 0.3 is 0 Å². The molecule has 0 atom stereocenters. The Morgan fingerprint density at radius 1 is 1.24 bits per heavy atom. The van der Waals surface area contributed by atoms with Gasteiger partial charge in [0.1, 0.15) is 0 Å². The molecule has 3 rings (SSSR count).